The Labute approximate surface area is 120 Å². The van der Waals surface area contributed by atoms with Gasteiger partial charge in [0.2, 0.25) is 0 Å². The zero-order chi connectivity index (χ0) is 13.2. The highest BCUT2D eigenvalue weighted by Crippen LogP contribution is 2.26. The molecule has 3 unspecified atom stereocenters. The first kappa shape index (κ1) is 13.5. The van der Waals surface area contributed by atoms with E-state index in [9.17, 15) is 0 Å². The number of hydrogen-bond donors (Lipinski definition) is 0. The fraction of sp³-hybridized carbons (Fsp3) is 0.800. The molecular formula is C15H25N3S. The molecule has 3 nitrogen and oxygen atoms in total. The maximum atomic E-state index is 4.47. The summed E-state index contributed by atoms with van der Waals surface area (Å²) in [7, 11) is 0. The van der Waals surface area contributed by atoms with Crippen molar-refractivity contribution in [3.8, 4) is 0 Å². The van der Waals surface area contributed by atoms with Crippen LogP contribution in [0.2, 0.25) is 0 Å². The Bertz CT molecular complexity index is 392. The number of aromatic nitrogens is 1. The Morgan fingerprint density at radius 1 is 1.42 bits per heavy atom. The lowest BCUT2D eigenvalue weighted by Gasteiger charge is -2.48. The zero-order valence-corrected chi connectivity index (χ0v) is 12.9. The van der Waals surface area contributed by atoms with Gasteiger partial charge in [-0.25, -0.2) is 4.98 Å². The number of thiazole rings is 1. The van der Waals surface area contributed by atoms with E-state index in [2.05, 4.69) is 34.0 Å². The summed E-state index contributed by atoms with van der Waals surface area (Å²) >= 11 is 1.80. The molecule has 3 atom stereocenters. The standard InChI is InChI=1S/C15H25N3S/c1-12(15-16-6-8-19-15)9-18-11-14-5-3-4-7-17(14)10-13(18)2/h6,8,12-14H,3-5,7,9-11H2,1-2H3. The molecule has 19 heavy (non-hydrogen) atoms. The largest absolute Gasteiger partial charge is 0.298 e. The number of rotatable bonds is 3. The molecular weight excluding hydrogens is 254 g/mol. The third-order valence-electron chi connectivity index (χ3n) is 4.70. The predicted molar refractivity (Wildman–Crippen MR) is 80.8 cm³/mol. The van der Waals surface area contributed by atoms with Crippen LogP contribution >= 0.6 is 11.3 Å². The van der Waals surface area contributed by atoms with E-state index in [0.717, 1.165) is 6.04 Å². The summed E-state index contributed by atoms with van der Waals surface area (Å²) in [4.78, 5) is 9.88. The van der Waals surface area contributed by atoms with Gasteiger partial charge in [0.15, 0.2) is 0 Å². The molecule has 0 spiro atoms. The summed E-state index contributed by atoms with van der Waals surface area (Å²) in [5.41, 5.74) is 0. The van der Waals surface area contributed by atoms with Crippen LogP contribution in [-0.2, 0) is 0 Å². The lowest BCUT2D eigenvalue weighted by Crippen LogP contribution is -2.59. The average Bonchev–Trinajstić information content (AvgIpc) is 2.93. The van der Waals surface area contributed by atoms with Crippen LogP contribution in [0.3, 0.4) is 0 Å². The normalized spacial score (nSPS) is 31.1. The van der Waals surface area contributed by atoms with Crippen LogP contribution < -0.4 is 0 Å². The van der Waals surface area contributed by atoms with Crippen molar-refractivity contribution in [1.29, 1.82) is 0 Å². The first-order valence-electron chi connectivity index (χ1n) is 7.61. The lowest BCUT2D eigenvalue weighted by atomic mass is 9.96. The molecule has 106 valence electrons. The van der Waals surface area contributed by atoms with Crippen molar-refractivity contribution in [2.45, 2.75) is 51.1 Å². The van der Waals surface area contributed by atoms with Gasteiger partial charge in [-0.2, -0.15) is 0 Å². The van der Waals surface area contributed by atoms with E-state index < -0.39 is 0 Å². The van der Waals surface area contributed by atoms with Gasteiger partial charge in [0.1, 0.15) is 0 Å². The Morgan fingerprint density at radius 3 is 3.11 bits per heavy atom. The SMILES string of the molecule is CC(CN1CC2CCCCN2CC1C)c1nccs1. The van der Waals surface area contributed by atoms with E-state index in [-0.39, 0.29) is 0 Å². The monoisotopic (exact) mass is 279 g/mol. The van der Waals surface area contributed by atoms with Crippen molar-refractivity contribution in [3.05, 3.63) is 16.6 Å². The summed E-state index contributed by atoms with van der Waals surface area (Å²) in [5.74, 6) is 0.567. The molecule has 4 heteroatoms. The van der Waals surface area contributed by atoms with E-state index in [4.69, 9.17) is 0 Å². The molecule has 0 saturated carbocycles. The molecule has 0 radical (unpaired) electrons. The van der Waals surface area contributed by atoms with Crippen LogP contribution in [0, 0.1) is 0 Å². The average molecular weight is 279 g/mol. The molecule has 2 saturated heterocycles. The van der Waals surface area contributed by atoms with Gasteiger partial charge in [-0.05, 0) is 26.3 Å². The molecule has 2 aliphatic heterocycles. The lowest BCUT2D eigenvalue weighted by molar-refractivity contribution is 0.0131. The van der Waals surface area contributed by atoms with Crippen molar-refractivity contribution in [3.63, 3.8) is 0 Å². The van der Waals surface area contributed by atoms with Gasteiger partial charge in [-0.3, -0.25) is 9.80 Å². The molecule has 3 heterocycles. The van der Waals surface area contributed by atoms with E-state index in [0.29, 0.717) is 12.0 Å². The minimum Gasteiger partial charge on any atom is -0.298 e. The van der Waals surface area contributed by atoms with Crippen molar-refractivity contribution in [2.24, 2.45) is 0 Å². The van der Waals surface area contributed by atoms with Crippen molar-refractivity contribution in [1.82, 2.24) is 14.8 Å². The highest BCUT2D eigenvalue weighted by Gasteiger charge is 2.33. The Morgan fingerprint density at radius 2 is 2.32 bits per heavy atom. The highest BCUT2D eigenvalue weighted by atomic mass is 32.1. The second kappa shape index (κ2) is 5.90. The van der Waals surface area contributed by atoms with Gasteiger partial charge in [0, 0.05) is 49.2 Å². The Hall–Kier alpha value is -0.450. The fourth-order valence-electron chi connectivity index (χ4n) is 3.57. The Kier molecular flexibility index (Phi) is 4.20. The number of nitrogens with zero attached hydrogens (tertiary/aromatic N) is 3. The molecule has 1 aromatic rings. The van der Waals surface area contributed by atoms with Crippen LogP contribution in [0.5, 0.6) is 0 Å². The number of piperidine rings is 1. The first-order valence-corrected chi connectivity index (χ1v) is 8.49. The molecule has 0 N–H and O–H groups in total. The van der Waals surface area contributed by atoms with Crippen LogP contribution in [0.25, 0.3) is 0 Å². The van der Waals surface area contributed by atoms with Gasteiger partial charge < -0.3 is 0 Å². The van der Waals surface area contributed by atoms with E-state index in [1.54, 1.807) is 11.3 Å². The second-order valence-corrected chi connectivity index (χ2v) is 7.15. The van der Waals surface area contributed by atoms with Crippen molar-refractivity contribution >= 4 is 11.3 Å². The van der Waals surface area contributed by atoms with Crippen LogP contribution in [0.4, 0.5) is 0 Å². The van der Waals surface area contributed by atoms with Gasteiger partial charge in [0.25, 0.3) is 0 Å². The summed E-state index contributed by atoms with van der Waals surface area (Å²) in [6.45, 7) is 9.72. The third kappa shape index (κ3) is 3.01. The highest BCUT2D eigenvalue weighted by molar-refractivity contribution is 7.09. The molecule has 3 rings (SSSR count). The molecule has 2 fully saturated rings. The zero-order valence-electron chi connectivity index (χ0n) is 12.1. The van der Waals surface area contributed by atoms with Gasteiger partial charge >= 0.3 is 0 Å². The quantitative estimate of drug-likeness (QED) is 0.848. The minimum atomic E-state index is 0.567. The van der Waals surface area contributed by atoms with Gasteiger partial charge in [0.05, 0.1) is 5.01 Å². The third-order valence-corrected chi connectivity index (χ3v) is 5.70. The summed E-state index contributed by atoms with van der Waals surface area (Å²) < 4.78 is 0. The maximum absolute atomic E-state index is 4.47. The summed E-state index contributed by atoms with van der Waals surface area (Å²) in [6.07, 6.45) is 6.15. The molecule has 0 aromatic carbocycles. The van der Waals surface area contributed by atoms with Gasteiger partial charge in [-0.15, -0.1) is 11.3 Å². The maximum Gasteiger partial charge on any atom is 0.0965 e. The van der Waals surface area contributed by atoms with Crippen molar-refractivity contribution < 1.29 is 0 Å². The number of piperazine rings is 1. The summed E-state index contributed by atoms with van der Waals surface area (Å²) in [5, 5.41) is 3.38. The molecule has 0 amide bonds. The first-order chi connectivity index (χ1) is 9.24. The number of hydrogen-bond acceptors (Lipinski definition) is 4. The van der Waals surface area contributed by atoms with E-state index >= 15 is 0 Å². The topological polar surface area (TPSA) is 19.4 Å². The van der Waals surface area contributed by atoms with E-state index in [1.807, 2.05) is 6.20 Å². The van der Waals surface area contributed by atoms with Crippen LogP contribution in [-0.4, -0.2) is 53.0 Å². The second-order valence-electron chi connectivity index (χ2n) is 6.22. The summed E-state index contributed by atoms with van der Waals surface area (Å²) in [6, 6.07) is 1.50. The number of fused-ring (bicyclic) bond motifs is 1. The van der Waals surface area contributed by atoms with Crippen LogP contribution in [0.15, 0.2) is 11.6 Å². The van der Waals surface area contributed by atoms with Crippen molar-refractivity contribution in [2.75, 3.05) is 26.2 Å². The molecule has 0 aliphatic carbocycles. The Balaban J connectivity index is 1.61. The van der Waals surface area contributed by atoms with E-state index in [1.165, 1.54) is 50.4 Å². The predicted octanol–water partition coefficient (Wildman–Crippen LogP) is 2.81. The fourth-order valence-corrected chi connectivity index (χ4v) is 4.26. The smallest absolute Gasteiger partial charge is 0.0965 e. The van der Waals surface area contributed by atoms with Gasteiger partial charge in [-0.1, -0.05) is 13.3 Å². The minimum absolute atomic E-state index is 0.567. The van der Waals surface area contributed by atoms with Crippen LogP contribution in [0.1, 0.15) is 44.0 Å². The molecule has 0 bridgehead atoms. The molecule has 1 aromatic heterocycles. The molecule has 2 aliphatic rings.